The average molecular weight is 376 g/mol. The Labute approximate surface area is 140 Å². The number of fused-ring (bicyclic) bond motifs is 1. The number of nitrogens with zero attached hydrogens (tertiary/aromatic N) is 5. The zero-order valence-corrected chi connectivity index (χ0v) is 14.2. The third-order valence-corrected chi connectivity index (χ3v) is 5.21. The van der Waals surface area contributed by atoms with Gasteiger partial charge < -0.3 is 9.80 Å². The molecule has 5 nitrogen and oxygen atoms in total. The number of hydrogen-bond acceptors (Lipinski definition) is 6. The lowest BCUT2D eigenvalue weighted by Crippen LogP contribution is -2.47. The van der Waals surface area contributed by atoms with Crippen molar-refractivity contribution in [1.29, 1.82) is 0 Å². The first kappa shape index (κ1) is 13.9. The molecule has 3 aromatic rings. The van der Waals surface area contributed by atoms with Crippen LogP contribution < -0.4 is 9.80 Å². The van der Waals surface area contributed by atoms with Crippen molar-refractivity contribution in [3.05, 3.63) is 40.6 Å². The van der Waals surface area contributed by atoms with Crippen LogP contribution in [-0.2, 0) is 0 Å². The van der Waals surface area contributed by atoms with E-state index in [4.69, 9.17) is 0 Å². The minimum Gasteiger partial charge on any atom is -0.353 e. The summed E-state index contributed by atoms with van der Waals surface area (Å²) in [5.74, 6) is 2.09. The highest BCUT2D eigenvalue weighted by Crippen LogP contribution is 2.29. The van der Waals surface area contributed by atoms with Crippen LogP contribution in [0.2, 0.25) is 0 Å². The molecule has 0 radical (unpaired) electrons. The summed E-state index contributed by atoms with van der Waals surface area (Å²) in [6, 6.07) is 6.14. The summed E-state index contributed by atoms with van der Waals surface area (Å²) in [6.45, 7) is 3.79. The number of pyridine rings is 1. The SMILES string of the molecule is Brc1ccc(N2CCN(c3ncnc4ccsc34)CC2)nc1. The van der Waals surface area contributed by atoms with Crippen molar-refractivity contribution in [3.8, 4) is 0 Å². The highest BCUT2D eigenvalue weighted by molar-refractivity contribution is 9.10. The van der Waals surface area contributed by atoms with Crippen LogP contribution in [0.25, 0.3) is 10.2 Å². The van der Waals surface area contributed by atoms with Gasteiger partial charge in [-0.3, -0.25) is 0 Å². The van der Waals surface area contributed by atoms with Gasteiger partial charge in [0.1, 0.15) is 18.0 Å². The molecule has 0 bridgehead atoms. The third kappa shape index (κ3) is 2.55. The summed E-state index contributed by atoms with van der Waals surface area (Å²) in [5.41, 5.74) is 1.03. The van der Waals surface area contributed by atoms with E-state index in [9.17, 15) is 0 Å². The van der Waals surface area contributed by atoms with Crippen molar-refractivity contribution in [2.75, 3.05) is 36.0 Å². The van der Waals surface area contributed by atoms with E-state index >= 15 is 0 Å². The van der Waals surface area contributed by atoms with E-state index in [1.54, 1.807) is 17.7 Å². The minimum atomic E-state index is 0.946. The molecule has 1 aliphatic heterocycles. The van der Waals surface area contributed by atoms with Gasteiger partial charge in [-0.15, -0.1) is 11.3 Å². The van der Waals surface area contributed by atoms with Gasteiger partial charge in [0.2, 0.25) is 0 Å². The predicted octanol–water partition coefficient (Wildman–Crippen LogP) is 3.18. The van der Waals surface area contributed by atoms with E-state index in [-0.39, 0.29) is 0 Å². The van der Waals surface area contributed by atoms with E-state index in [2.05, 4.69) is 52.1 Å². The Bertz CT molecular complexity index is 780. The number of piperazine rings is 1. The molecule has 4 heterocycles. The first-order chi connectivity index (χ1) is 10.8. The van der Waals surface area contributed by atoms with Gasteiger partial charge in [0, 0.05) is 36.8 Å². The maximum absolute atomic E-state index is 4.50. The molecule has 22 heavy (non-hydrogen) atoms. The van der Waals surface area contributed by atoms with Crippen LogP contribution in [-0.4, -0.2) is 41.1 Å². The van der Waals surface area contributed by atoms with Gasteiger partial charge >= 0.3 is 0 Å². The van der Waals surface area contributed by atoms with Crippen LogP contribution in [0.1, 0.15) is 0 Å². The number of anilines is 2. The van der Waals surface area contributed by atoms with Crippen molar-refractivity contribution in [3.63, 3.8) is 0 Å². The van der Waals surface area contributed by atoms with E-state index < -0.39 is 0 Å². The number of thiophene rings is 1. The molecule has 1 fully saturated rings. The topological polar surface area (TPSA) is 45.2 Å². The smallest absolute Gasteiger partial charge is 0.150 e. The summed E-state index contributed by atoms with van der Waals surface area (Å²) < 4.78 is 2.19. The Morgan fingerprint density at radius 1 is 0.955 bits per heavy atom. The average Bonchev–Trinajstić information content (AvgIpc) is 3.04. The summed E-state index contributed by atoms with van der Waals surface area (Å²) in [4.78, 5) is 17.9. The molecular formula is C15H14BrN5S. The van der Waals surface area contributed by atoms with Crippen molar-refractivity contribution in [2.45, 2.75) is 0 Å². The van der Waals surface area contributed by atoms with Crippen LogP contribution in [0.5, 0.6) is 0 Å². The molecule has 1 aliphatic rings. The normalized spacial score (nSPS) is 15.5. The van der Waals surface area contributed by atoms with Crippen molar-refractivity contribution in [2.24, 2.45) is 0 Å². The van der Waals surface area contributed by atoms with Gasteiger partial charge in [-0.25, -0.2) is 15.0 Å². The minimum absolute atomic E-state index is 0.946. The Hall–Kier alpha value is -1.73. The lowest BCUT2D eigenvalue weighted by molar-refractivity contribution is 0.643. The maximum Gasteiger partial charge on any atom is 0.150 e. The summed E-state index contributed by atoms with van der Waals surface area (Å²) in [7, 11) is 0. The molecule has 1 saturated heterocycles. The molecule has 3 aromatic heterocycles. The highest BCUT2D eigenvalue weighted by Gasteiger charge is 2.21. The maximum atomic E-state index is 4.50. The third-order valence-electron chi connectivity index (χ3n) is 3.84. The molecule has 0 amide bonds. The van der Waals surface area contributed by atoms with Crippen LogP contribution in [0, 0.1) is 0 Å². The molecule has 0 spiro atoms. The van der Waals surface area contributed by atoms with E-state index in [1.165, 1.54) is 4.70 Å². The van der Waals surface area contributed by atoms with Crippen LogP contribution >= 0.6 is 27.3 Å². The van der Waals surface area contributed by atoms with Crippen LogP contribution in [0.15, 0.2) is 40.6 Å². The molecule has 0 atom stereocenters. The number of halogens is 1. The summed E-state index contributed by atoms with van der Waals surface area (Å²) in [5, 5.41) is 2.07. The molecule has 0 aromatic carbocycles. The van der Waals surface area contributed by atoms with E-state index in [1.807, 2.05) is 18.3 Å². The zero-order chi connectivity index (χ0) is 14.9. The zero-order valence-electron chi connectivity index (χ0n) is 11.8. The lowest BCUT2D eigenvalue weighted by Gasteiger charge is -2.36. The Kier molecular flexibility index (Phi) is 3.67. The molecule has 112 valence electrons. The van der Waals surface area contributed by atoms with Gasteiger partial charge in [-0.2, -0.15) is 0 Å². The predicted molar refractivity (Wildman–Crippen MR) is 93.8 cm³/mol. The molecule has 0 unspecified atom stereocenters. The van der Waals surface area contributed by atoms with Gasteiger partial charge in [0.05, 0.1) is 10.2 Å². The summed E-state index contributed by atoms with van der Waals surface area (Å²) >= 11 is 5.14. The van der Waals surface area contributed by atoms with Gasteiger partial charge in [-0.1, -0.05) is 0 Å². The largest absolute Gasteiger partial charge is 0.353 e. The Morgan fingerprint density at radius 2 is 1.77 bits per heavy atom. The number of hydrogen-bond donors (Lipinski definition) is 0. The molecule has 7 heteroatoms. The van der Waals surface area contributed by atoms with Gasteiger partial charge in [0.15, 0.2) is 0 Å². The fourth-order valence-electron chi connectivity index (χ4n) is 2.70. The number of aromatic nitrogens is 3. The molecule has 0 aliphatic carbocycles. The van der Waals surface area contributed by atoms with Crippen molar-refractivity contribution < 1.29 is 0 Å². The van der Waals surface area contributed by atoms with Crippen molar-refractivity contribution >= 4 is 49.1 Å². The van der Waals surface area contributed by atoms with Crippen LogP contribution in [0.4, 0.5) is 11.6 Å². The fourth-order valence-corrected chi connectivity index (χ4v) is 3.80. The van der Waals surface area contributed by atoms with E-state index in [0.29, 0.717) is 0 Å². The quantitative estimate of drug-likeness (QED) is 0.688. The summed E-state index contributed by atoms with van der Waals surface area (Å²) in [6.07, 6.45) is 3.51. The van der Waals surface area contributed by atoms with E-state index in [0.717, 1.165) is 47.8 Å². The fraction of sp³-hybridized carbons (Fsp3) is 0.267. The first-order valence-corrected chi connectivity index (χ1v) is 8.78. The lowest BCUT2D eigenvalue weighted by atomic mass is 10.3. The Balaban J connectivity index is 1.52. The standard InChI is InChI=1S/C15H14BrN5S/c16-11-1-2-13(17-9-11)20-4-6-21(7-5-20)15-14-12(3-8-22-14)18-10-19-15/h1-3,8-10H,4-7H2. The van der Waals surface area contributed by atoms with Crippen molar-refractivity contribution in [1.82, 2.24) is 15.0 Å². The molecule has 0 saturated carbocycles. The Morgan fingerprint density at radius 3 is 2.55 bits per heavy atom. The van der Waals surface area contributed by atoms with Crippen LogP contribution in [0.3, 0.4) is 0 Å². The second kappa shape index (κ2) is 5.81. The number of rotatable bonds is 2. The monoisotopic (exact) mass is 375 g/mol. The second-order valence-electron chi connectivity index (χ2n) is 5.14. The first-order valence-electron chi connectivity index (χ1n) is 7.11. The van der Waals surface area contributed by atoms with Gasteiger partial charge in [0.25, 0.3) is 0 Å². The molecular weight excluding hydrogens is 362 g/mol. The molecule has 0 N–H and O–H groups in total. The highest BCUT2D eigenvalue weighted by atomic mass is 79.9. The second-order valence-corrected chi connectivity index (χ2v) is 6.97. The van der Waals surface area contributed by atoms with Gasteiger partial charge in [-0.05, 0) is 39.5 Å². The molecule has 4 rings (SSSR count).